The van der Waals surface area contributed by atoms with Crippen LogP contribution in [0.3, 0.4) is 0 Å². The maximum atomic E-state index is 12.5. The van der Waals surface area contributed by atoms with Gasteiger partial charge >= 0.3 is 19.8 Å². The Balaban J connectivity index is 4.37. The molecule has 0 radical (unpaired) electrons. The molecule has 0 rings (SSSR count). The lowest BCUT2D eigenvalue weighted by Gasteiger charge is -2.20. The first-order valence-electron chi connectivity index (χ1n) is 19.3. The zero-order valence-electron chi connectivity index (χ0n) is 30.9. The van der Waals surface area contributed by atoms with E-state index < -0.39 is 51.8 Å². The highest BCUT2D eigenvalue weighted by molar-refractivity contribution is 7.47. The summed E-state index contributed by atoms with van der Waals surface area (Å²) in [4.78, 5) is 34.8. The van der Waals surface area contributed by atoms with Gasteiger partial charge in [-0.3, -0.25) is 18.6 Å². The van der Waals surface area contributed by atoms with Gasteiger partial charge in [-0.2, -0.15) is 0 Å². The number of allylic oxidation sites excluding steroid dienone is 4. The number of ether oxygens (including phenoxy) is 2. The van der Waals surface area contributed by atoms with E-state index in [1.54, 1.807) is 0 Å². The minimum absolute atomic E-state index is 0.184. The quantitative estimate of drug-likeness (QED) is 0.0248. The monoisotopic (exact) mass is 718 g/mol. The normalized spacial score (nSPS) is 14.3. The molecule has 0 fully saturated rings. The van der Waals surface area contributed by atoms with Crippen LogP contribution in [0.15, 0.2) is 24.3 Å². The molecule has 288 valence electrons. The summed E-state index contributed by atoms with van der Waals surface area (Å²) in [6, 6.07) is 0. The Morgan fingerprint density at radius 2 is 1.04 bits per heavy atom. The van der Waals surface area contributed by atoms with Gasteiger partial charge in [0.15, 0.2) is 6.10 Å². The maximum Gasteiger partial charge on any atom is 0.472 e. The number of esters is 2. The number of aliphatic hydroxyl groups is 2. The van der Waals surface area contributed by atoms with Crippen LogP contribution in [-0.2, 0) is 32.7 Å². The van der Waals surface area contributed by atoms with Gasteiger partial charge in [-0.25, -0.2) is 4.57 Å². The molecule has 0 amide bonds. The van der Waals surface area contributed by atoms with E-state index in [0.717, 1.165) is 57.8 Å². The van der Waals surface area contributed by atoms with E-state index >= 15 is 0 Å². The molecule has 49 heavy (non-hydrogen) atoms. The second kappa shape index (κ2) is 34.9. The maximum absolute atomic E-state index is 12.5. The number of phosphoric ester groups is 1. The molecule has 0 aromatic rings. The van der Waals surface area contributed by atoms with E-state index in [1.165, 1.54) is 70.6 Å². The molecule has 0 aliphatic heterocycles. The van der Waals surface area contributed by atoms with Crippen LogP contribution in [0.2, 0.25) is 0 Å². The zero-order valence-corrected chi connectivity index (χ0v) is 31.8. The van der Waals surface area contributed by atoms with E-state index in [4.69, 9.17) is 19.1 Å². The van der Waals surface area contributed by atoms with Crippen molar-refractivity contribution >= 4 is 19.8 Å². The zero-order chi connectivity index (χ0) is 36.3. The average molecular weight is 719 g/mol. The van der Waals surface area contributed by atoms with Crippen LogP contribution >= 0.6 is 7.82 Å². The van der Waals surface area contributed by atoms with Crippen LogP contribution < -0.4 is 0 Å². The number of carbonyl (C=O) groups is 2. The molecule has 0 aliphatic carbocycles. The Morgan fingerprint density at radius 1 is 0.612 bits per heavy atom. The van der Waals surface area contributed by atoms with Crippen molar-refractivity contribution in [1.29, 1.82) is 0 Å². The van der Waals surface area contributed by atoms with Crippen molar-refractivity contribution in [3.05, 3.63) is 24.3 Å². The number of aliphatic hydroxyl groups excluding tert-OH is 2. The molecule has 0 spiro atoms. The summed E-state index contributed by atoms with van der Waals surface area (Å²) < 4.78 is 32.5. The van der Waals surface area contributed by atoms with E-state index in [1.807, 2.05) is 0 Å². The molecule has 3 N–H and O–H groups in total. The smallest absolute Gasteiger partial charge is 0.462 e. The summed E-state index contributed by atoms with van der Waals surface area (Å²) in [5, 5.41) is 18.3. The van der Waals surface area contributed by atoms with Gasteiger partial charge in [0.2, 0.25) is 0 Å². The summed E-state index contributed by atoms with van der Waals surface area (Å²) in [6.45, 7) is 2.32. The molecular formula is C38H71O10P. The Morgan fingerprint density at radius 3 is 1.55 bits per heavy atom. The van der Waals surface area contributed by atoms with Crippen molar-refractivity contribution in [3.63, 3.8) is 0 Å². The Kier molecular flexibility index (Phi) is 33.8. The highest BCUT2D eigenvalue weighted by atomic mass is 31.2. The minimum atomic E-state index is -4.61. The molecule has 0 aliphatic rings. The number of phosphoric acid groups is 1. The lowest BCUT2D eigenvalue weighted by Crippen LogP contribution is -2.29. The third-order valence-corrected chi connectivity index (χ3v) is 9.09. The van der Waals surface area contributed by atoms with Gasteiger partial charge in [0, 0.05) is 12.8 Å². The fourth-order valence-corrected chi connectivity index (χ4v) is 5.89. The van der Waals surface area contributed by atoms with Gasteiger partial charge in [-0.05, 0) is 38.5 Å². The van der Waals surface area contributed by atoms with E-state index in [0.29, 0.717) is 12.8 Å². The predicted octanol–water partition coefficient (Wildman–Crippen LogP) is 9.44. The standard InChI is InChI=1S/C38H71O10P/c1-3-5-7-9-11-13-15-16-17-18-20-21-23-25-27-29-37(41)45-33-36(34-47-49(43,44)46-32-35(40)31-39)48-38(42)30-28-26-24-22-19-14-12-10-8-6-4-2/h13,15-17,35-36,39-40H,3-12,14,18-34H2,1-2H3,(H,43,44)/b15-13+,17-16+/t35-,36+/m0/s1. The Bertz CT molecular complexity index is 879. The van der Waals surface area contributed by atoms with Gasteiger partial charge in [0.05, 0.1) is 19.8 Å². The van der Waals surface area contributed by atoms with Crippen LogP contribution in [-0.4, -0.2) is 65.7 Å². The Hall–Kier alpha value is -1.55. The van der Waals surface area contributed by atoms with Gasteiger partial charge < -0.3 is 24.6 Å². The van der Waals surface area contributed by atoms with Crippen LogP contribution in [0.1, 0.15) is 168 Å². The predicted molar refractivity (Wildman–Crippen MR) is 196 cm³/mol. The number of rotatable bonds is 36. The fraction of sp³-hybridized carbons (Fsp3) is 0.842. The molecule has 0 aromatic carbocycles. The fourth-order valence-electron chi connectivity index (χ4n) is 5.10. The first-order chi connectivity index (χ1) is 23.7. The third-order valence-electron chi connectivity index (χ3n) is 8.14. The first kappa shape index (κ1) is 47.4. The third kappa shape index (κ3) is 34.7. The molecular weight excluding hydrogens is 647 g/mol. The number of unbranched alkanes of at least 4 members (excludes halogenated alkanes) is 19. The van der Waals surface area contributed by atoms with Gasteiger partial charge in [-0.1, -0.05) is 141 Å². The van der Waals surface area contributed by atoms with E-state index in [2.05, 4.69) is 42.7 Å². The summed E-state index contributed by atoms with van der Waals surface area (Å²) in [6.07, 6.45) is 31.5. The molecule has 11 heteroatoms. The van der Waals surface area contributed by atoms with Crippen LogP contribution in [0.25, 0.3) is 0 Å². The van der Waals surface area contributed by atoms with Crippen molar-refractivity contribution in [2.24, 2.45) is 0 Å². The molecule has 0 aromatic heterocycles. The lowest BCUT2D eigenvalue weighted by atomic mass is 10.1. The van der Waals surface area contributed by atoms with Crippen molar-refractivity contribution in [2.45, 2.75) is 180 Å². The van der Waals surface area contributed by atoms with E-state index in [-0.39, 0.29) is 19.4 Å². The van der Waals surface area contributed by atoms with Gasteiger partial charge in [0.25, 0.3) is 0 Å². The highest BCUT2D eigenvalue weighted by Crippen LogP contribution is 2.43. The number of hydrogen-bond donors (Lipinski definition) is 3. The SMILES string of the molecule is CCCCCC/C=C/C=C/CCCCCCCC(=O)OC[C@H](COP(=O)(O)OC[C@@H](O)CO)OC(=O)CCCCCCCCCCCCC. The van der Waals surface area contributed by atoms with Crippen LogP contribution in [0.4, 0.5) is 0 Å². The molecule has 0 bridgehead atoms. The summed E-state index contributed by atoms with van der Waals surface area (Å²) >= 11 is 0. The van der Waals surface area contributed by atoms with Gasteiger partial charge in [0.1, 0.15) is 12.7 Å². The molecule has 1 unspecified atom stereocenters. The Labute approximate surface area is 298 Å². The lowest BCUT2D eigenvalue weighted by molar-refractivity contribution is -0.161. The molecule has 0 saturated heterocycles. The second-order valence-corrected chi connectivity index (χ2v) is 14.4. The van der Waals surface area contributed by atoms with Crippen molar-refractivity contribution in [2.75, 3.05) is 26.4 Å². The van der Waals surface area contributed by atoms with Crippen LogP contribution in [0, 0.1) is 0 Å². The van der Waals surface area contributed by atoms with Crippen molar-refractivity contribution in [1.82, 2.24) is 0 Å². The molecule has 0 saturated carbocycles. The summed E-state index contributed by atoms with van der Waals surface area (Å²) in [5.74, 6) is -0.941. The van der Waals surface area contributed by atoms with Crippen molar-refractivity contribution in [3.8, 4) is 0 Å². The number of hydrogen-bond acceptors (Lipinski definition) is 9. The summed E-state index contributed by atoms with van der Waals surface area (Å²) in [5.41, 5.74) is 0. The molecule has 0 heterocycles. The van der Waals surface area contributed by atoms with E-state index in [9.17, 15) is 24.2 Å². The molecule has 3 atom stereocenters. The van der Waals surface area contributed by atoms with Gasteiger partial charge in [-0.15, -0.1) is 0 Å². The van der Waals surface area contributed by atoms with Crippen LogP contribution in [0.5, 0.6) is 0 Å². The second-order valence-electron chi connectivity index (χ2n) is 13.0. The molecule has 10 nitrogen and oxygen atoms in total. The largest absolute Gasteiger partial charge is 0.472 e. The first-order valence-corrected chi connectivity index (χ1v) is 20.8. The highest BCUT2D eigenvalue weighted by Gasteiger charge is 2.27. The summed E-state index contributed by atoms with van der Waals surface area (Å²) in [7, 11) is -4.61. The topological polar surface area (TPSA) is 149 Å². The van der Waals surface area contributed by atoms with Crippen molar-refractivity contribution < 1.29 is 47.8 Å². The minimum Gasteiger partial charge on any atom is -0.462 e. The average Bonchev–Trinajstić information content (AvgIpc) is 3.09. The number of carbonyl (C=O) groups excluding carboxylic acids is 2.